The fourth-order valence-electron chi connectivity index (χ4n) is 1.88. The molecule has 2 N–H and O–H groups in total. The van der Waals surface area contributed by atoms with Gasteiger partial charge in [0.2, 0.25) is 5.91 Å². The molecule has 0 atom stereocenters. The molecular formula is C14H20N2O3. The average Bonchev–Trinajstić information content (AvgIpc) is 2.68. The molecule has 1 aromatic carbocycles. The molecule has 0 radical (unpaired) electrons. The average molecular weight is 264 g/mol. The smallest absolute Gasteiger partial charge is 0.221 e. The van der Waals surface area contributed by atoms with Crippen molar-refractivity contribution < 1.29 is 14.3 Å². The first-order valence-corrected chi connectivity index (χ1v) is 6.59. The van der Waals surface area contributed by atoms with Crippen molar-refractivity contribution in [1.29, 1.82) is 0 Å². The van der Waals surface area contributed by atoms with Crippen molar-refractivity contribution in [3.8, 4) is 11.5 Å². The normalized spacial score (nSPS) is 13.7. The van der Waals surface area contributed by atoms with E-state index in [1.54, 1.807) is 7.05 Å². The van der Waals surface area contributed by atoms with E-state index in [-0.39, 0.29) is 5.91 Å². The molecular weight excluding hydrogens is 244 g/mol. The van der Waals surface area contributed by atoms with Gasteiger partial charge in [0.15, 0.2) is 11.5 Å². The number of nitrogens with one attached hydrogen (secondary N) is 2. The van der Waals surface area contributed by atoms with Gasteiger partial charge < -0.3 is 20.1 Å². The molecule has 2 rings (SSSR count). The number of hydrogen-bond donors (Lipinski definition) is 2. The molecule has 19 heavy (non-hydrogen) atoms. The lowest BCUT2D eigenvalue weighted by Gasteiger charge is -2.10. The van der Waals surface area contributed by atoms with Gasteiger partial charge in [0.1, 0.15) is 0 Å². The molecule has 1 aliphatic rings. The van der Waals surface area contributed by atoms with Crippen LogP contribution in [0.5, 0.6) is 11.5 Å². The highest BCUT2D eigenvalue weighted by molar-refractivity contribution is 5.75. The summed E-state index contributed by atoms with van der Waals surface area (Å²) in [7, 11) is 1.64. The molecule has 0 fully saturated rings. The van der Waals surface area contributed by atoms with Gasteiger partial charge in [0.05, 0.1) is 13.2 Å². The number of benzene rings is 1. The predicted molar refractivity (Wildman–Crippen MR) is 72.4 cm³/mol. The molecule has 1 heterocycles. The van der Waals surface area contributed by atoms with Gasteiger partial charge in [-0.2, -0.15) is 0 Å². The summed E-state index contributed by atoms with van der Waals surface area (Å²) in [6.07, 6.45) is 1.40. The number of amides is 1. The fourth-order valence-corrected chi connectivity index (χ4v) is 1.88. The Bertz CT molecular complexity index is 435. The first kappa shape index (κ1) is 13.7. The van der Waals surface area contributed by atoms with Crippen LogP contribution in [0.1, 0.15) is 18.4 Å². The Labute approximate surface area is 113 Å². The lowest BCUT2D eigenvalue weighted by atomic mass is 10.2. The van der Waals surface area contributed by atoms with Crippen LogP contribution in [0.25, 0.3) is 0 Å². The van der Waals surface area contributed by atoms with Crippen molar-refractivity contribution in [2.45, 2.75) is 19.4 Å². The van der Waals surface area contributed by atoms with E-state index in [1.807, 2.05) is 18.2 Å². The summed E-state index contributed by atoms with van der Waals surface area (Å²) in [5.74, 6) is 1.67. The van der Waals surface area contributed by atoms with E-state index >= 15 is 0 Å². The summed E-state index contributed by atoms with van der Waals surface area (Å²) in [6.45, 7) is 2.78. The summed E-state index contributed by atoms with van der Waals surface area (Å²) in [4.78, 5) is 11.1. The zero-order valence-electron chi connectivity index (χ0n) is 11.2. The first-order valence-electron chi connectivity index (χ1n) is 6.59. The quantitative estimate of drug-likeness (QED) is 0.781. The number of rotatable bonds is 5. The molecule has 0 saturated carbocycles. The summed E-state index contributed by atoms with van der Waals surface area (Å²) in [5, 5.41) is 5.83. The maximum atomic E-state index is 11.1. The van der Waals surface area contributed by atoms with E-state index in [2.05, 4.69) is 10.6 Å². The molecule has 5 nitrogen and oxygen atoms in total. The second kappa shape index (κ2) is 6.99. The first-order chi connectivity index (χ1) is 9.29. The zero-order chi connectivity index (χ0) is 13.5. The van der Waals surface area contributed by atoms with Gasteiger partial charge in [0.25, 0.3) is 0 Å². The van der Waals surface area contributed by atoms with Crippen LogP contribution in [0.4, 0.5) is 0 Å². The van der Waals surface area contributed by atoms with Gasteiger partial charge in [-0.05, 0) is 17.7 Å². The number of ether oxygens (including phenoxy) is 2. The highest BCUT2D eigenvalue weighted by atomic mass is 16.5. The Hall–Kier alpha value is -1.75. The molecule has 1 aliphatic heterocycles. The Kier molecular flexibility index (Phi) is 5.03. The molecule has 0 spiro atoms. The Balaban J connectivity index is 1.84. The van der Waals surface area contributed by atoms with Gasteiger partial charge >= 0.3 is 0 Å². The van der Waals surface area contributed by atoms with Crippen LogP contribution in [0.15, 0.2) is 18.2 Å². The molecule has 104 valence electrons. The Morgan fingerprint density at radius 1 is 1.26 bits per heavy atom. The van der Waals surface area contributed by atoms with E-state index in [9.17, 15) is 4.79 Å². The number of fused-ring (bicyclic) bond motifs is 1. The van der Waals surface area contributed by atoms with Crippen molar-refractivity contribution in [3.63, 3.8) is 0 Å². The SMILES string of the molecule is CNC(=O)CCNCc1ccc2c(c1)OCCCO2. The molecule has 5 heteroatoms. The maximum Gasteiger partial charge on any atom is 0.221 e. The minimum atomic E-state index is 0.0474. The minimum absolute atomic E-state index is 0.0474. The number of carbonyl (C=O) groups excluding carboxylic acids is 1. The molecule has 0 saturated heterocycles. The van der Waals surface area contributed by atoms with Crippen molar-refractivity contribution in [2.24, 2.45) is 0 Å². The van der Waals surface area contributed by atoms with Gasteiger partial charge in [-0.25, -0.2) is 0 Å². The fraction of sp³-hybridized carbons (Fsp3) is 0.500. The summed E-state index contributed by atoms with van der Waals surface area (Å²) in [6, 6.07) is 5.95. The van der Waals surface area contributed by atoms with Crippen LogP contribution in [-0.4, -0.2) is 32.7 Å². The molecule has 1 amide bonds. The zero-order valence-corrected chi connectivity index (χ0v) is 11.2. The van der Waals surface area contributed by atoms with Gasteiger partial charge in [0, 0.05) is 33.0 Å². The molecule has 0 aromatic heterocycles. The summed E-state index contributed by atoms with van der Waals surface area (Å²) in [5.41, 5.74) is 1.13. The van der Waals surface area contributed by atoms with E-state index in [0.29, 0.717) is 32.7 Å². The molecule has 0 bridgehead atoms. The van der Waals surface area contributed by atoms with E-state index in [0.717, 1.165) is 23.5 Å². The Morgan fingerprint density at radius 3 is 2.84 bits per heavy atom. The van der Waals surface area contributed by atoms with Crippen LogP contribution < -0.4 is 20.1 Å². The molecule has 0 unspecified atom stereocenters. The largest absolute Gasteiger partial charge is 0.490 e. The highest BCUT2D eigenvalue weighted by Crippen LogP contribution is 2.30. The van der Waals surface area contributed by atoms with Crippen molar-refractivity contribution >= 4 is 5.91 Å². The second-order valence-electron chi connectivity index (χ2n) is 4.43. The van der Waals surface area contributed by atoms with Crippen LogP contribution in [0.3, 0.4) is 0 Å². The third kappa shape index (κ3) is 4.13. The van der Waals surface area contributed by atoms with Crippen LogP contribution >= 0.6 is 0 Å². The van der Waals surface area contributed by atoms with Crippen molar-refractivity contribution in [1.82, 2.24) is 10.6 Å². The standard InChI is InChI=1S/C14H20N2O3/c1-15-14(17)5-6-16-10-11-3-4-12-13(9-11)19-8-2-7-18-12/h3-4,9,16H,2,5-8,10H2,1H3,(H,15,17). The maximum absolute atomic E-state index is 11.1. The lowest BCUT2D eigenvalue weighted by Crippen LogP contribution is -2.24. The van der Waals surface area contributed by atoms with Crippen molar-refractivity contribution in [2.75, 3.05) is 26.8 Å². The predicted octanol–water partition coefficient (Wildman–Crippen LogP) is 1.07. The number of carbonyl (C=O) groups is 1. The van der Waals surface area contributed by atoms with Crippen molar-refractivity contribution in [3.05, 3.63) is 23.8 Å². The highest BCUT2D eigenvalue weighted by Gasteiger charge is 2.10. The van der Waals surface area contributed by atoms with Gasteiger partial charge in [-0.15, -0.1) is 0 Å². The Morgan fingerprint density at radius 2 is 2.05 bits per heavy atom. The third-order valence-electron chi connectivity index (χ3n) is 2.95. The van der Waals surface area contributed by atoms with E-state index < -0.39 is 0 Å². The minimum Gasteiger partial charge on any atom is -0.490 e. The number of hydrogen-bond acceptors (Lipinski definition) is 4. The monoisotopic (exact) mass is 264 g/mol. The third-order valence-corrected chi connectivity index (χ3v) is 2.95. The van der Waals surface area contributed by atoms with Gasteiger partial charge in [-0.3, -0.25) is 4.79 Å². The lowest BCUT2D eigenvalue weighted by molar-refractivity contribution is -0.120. The van der Waals surface area contributed by atoms with E-state index in [1.165, 1.54) is 0 Å². The van der Waals surface area contributed by atoms with Crippen LogP contribution in [0, 0.1) is 0 Å². The topological polar surface area (TPSA) is 59.6 Å². The van der Waals surface area contributed by atoms with Crippen LogP contribution in [-0.2, 0) is 11.3 Å². The van der Waals surface area contributed by atoms with Gasteiger partial charge in [-0.1, -0.05) is 6.07 Å². The molecule has 0 aliphatic carbocycles. The summed E-state index contributed by atoms with van der Waals surface area (Å²) >= 11 is 0. The summed E-state index contributed by atoms with van der Waals surface area (Å²) < 4.78 is 11.2. The molecule has 1 aromatic rings. The second-order valence-corrected chi connectivity index (χ2v) is 4.43. The van der Waals surface area contributed by atoms with E-state index in [4.69, 9.17) is 9.47 Å². The van der Waals surface area contributed by atoms with Crippen LogP contribution in [0.2, 0.25) is 0 Å².